The van der Waals surface area contributed by atoms with Gasteiger partial charge in [0.15, 0.2) is 0 Å². The van der Waals surface area contributed by atoms with Gasteiger partial charge in [-0.2, -0.15) is 11.1 Å². The Morgan fingerprint density at radius 3 is 2.48 bits per heavy atom. The first-order chi connectivity index (χ1) is 13.2. The molecule has 0 bridgehead atoms. The van der Waals surface area contributed by atoms with Crippen molar-refractivity contribution in [2.24, 2.45) is 0 Å². The van der Waals surface area contributed by atoms with Crippen molar-refractivity contribution < 1.29 is 4.79 Å². The highest BCUT2D eigenvalue weighted by molar-refractivity contribution is 5.94. The van der Waals surface area contributed by atoms with Crippen molar-refractivity contribution in [3.63, 3.8) is 0 Å². The summed E-state index contributed by atoms with van der Waals surface area (Å²) < 4.78 is 0. The number of nitrogens with one attached hydrogen (secondary N) is 4. The summed E-state index contributed by atoms with van der Waals surface area (Å²) >= 11 is 0. The van der Waals surface area contributed by atoms with Gasteiger partial charge in [-0.05, 0) is 48.2 Å². The van der Waals surface area contributed by atoms with Gasteiger partial charge < -0.3 is 9.80 Å². The van der Waals surface area contributed by atoms with Crippen LogP contribution in [0.15, 0.2) is 48.5 Å². The van der Waals surface area contributed by atoms with Gasteiger partial charge in [0.1, 0.15) is 6.17 Å². The molecule has 0 spiro atoms. The minimum atomic E-state index is -0.0101. The van der Waals surface area contributed by atoms with Gasteiger partial charge in [-0.25, -0.2) is 10.9 Å². The molecule has 0 unspecified atom stereocenters. The first kappa shape index (κ1) is 17.9. The van der Waals surface area contributed by atoms with Gasteiger partial charge in [0, 0.05) is 37.9 Å². The first-order valence-corrected chi connectivity index (χ1v) is 9.41. The van der Waals surface area contributed by atoms with Crippen LogP contribution in [0.4, 0.5) is 5.69 Å². The molecule has 1 amide bonds. The number of hydrogen-bond acceptors (Lipinski definition) is 6. The van der Waals surface area contributed by atoms with Crippen LogP contribution in [0.25, 0.3) is 0 Å². The second-order valence-corrected chi connectivity index (χ2v) is 7.12. The highest BCUT2D eigenvalue weighted by Gasteiger charge is 2.17. The maximum atomic E-state index is 12.8. The Labute approximate surface area is 159 Å². The Morgan fingerprint density at radius 2 is 1.78 bits per heavy atom. The van der Waals surface area contributed by atoms with E-state index < -0.39 is 0 Å². The van der Waals surface area contributed by atoms with E-state index >= 15 is 0 Å². The predicted octanol–water partition coefficient (Wildman–Crippen LogP) is 1.67. The highest BCUT2D eigenvalue weighted by Crippen LogP contribution is 2.21. The Hall–Kier alpha value is -2.45. The molecule has 4 rings (SSSR count). The Kier molecular flexibility index (Phi) is 5.35. The van der Waals surface area contributed by atoms with Crippen molar-refractivity contribution in [3.8, 4) is 0 Å². The number of carbonyl (C=O) groups is 1. The molecule has 142 valence electrons. The SMILES string of the molecule is CN(Cc1cccc(C2NNNN2)c1)C(=O)c1ccc(N2CCCC2)cc1. The maximum Gasteiger partial charge on any atom is 0.253 e. The van der Waals surface area contributed by atoms with Crippen LogP contribution in [0.1, 0.15) is 40.5 Å². The number of hydrogen-bond donors (Lipinski definition) is 4. The summed E-state index contributed by atoms with van der Waals surface area (Å²) in [5.74, 6) is 0.0359. The van der Waals surface area contributed by atoms with E-state index in [4.69, 9.17) is 0 Å². The lowest BCUT2D eigenvalue weighted by Gasteiger charge is -2.20. The number of hydrazine groups is 3. The predicted molar refractivity (Wildman–Crippen MR) is 105 cm³/mol. The average molecular weight is 366 g/mol. The largest absolute Gasteiger partial charge is 0.372 e. The van der Waals surface area contributed by atoms with Crippen molar-refractivity contribution >= 4 is 11.6 Å². The van der Waals surface area contributed by atoms with Crippen LogP contribution in [-0.4, -0.2) is 30.9 Å². The summed E-state index contributed by atoms with van der Waals surface area (Å²) in [5.41, 5.74) is 15.9. The molecule has 2 aliphatic heterocycles. The average Bonchev–Trinajstić information content (AvgIpc) is 3.42. The minimum absolute atomic E-state index is 0.0101. The third-order valence-electron chi connectivity index (χ3n) is 5.13. The van der Waals surface area contributed by atoms with Crippen LogP contribution in [0, 0.1) is 0 Å². The van der Waals surface area contributed by atoms with Crippen molar-refractivity contribution in [1.29, 1.82) is 0 Å². The molecule has 2 aliphatic rings. The number of anilines is 1. The van der Waals surface area contributed by atoms with Crippen LogP contribution >= 0.6 is 0 Å². The van der Waals surface area contributed by atoms with Gasteiger partial charge in [0.2, 0.25) is 0 Å². The molecular weight excluding hydrogens is 340 g/mol. The Balaban J connectivity index is 1.41. The van der Waals surface area contributed by atoms with Crippen molar-refractivity contribution in [2.75, 3.05) is 25.0 Å². The summed E-state index contributed by atoms with van der Waals surface area (Å²) in [6, 6.07) is 16.2. The minimum Gasteiger partial charge on any atom is -0.372 e. The lowest BCUT2D eigenvalue weighted by atomic mass is 10.1. The molecule has 4 N–H and O–H groups in total. The molecule has 2 aromatic carbocycles. The van der Waals surface area contributed by atoms with Gasteiger partial charge in [-0.1, -0.05) is 24.3 Å². The normalized spacial score (nSPS) is 17.4. The standard InChI is InChI=1S/C20H26N6O/c1-25(14-15-5-4-6-17(13-15)19-21-23-24-22-19)20(27)16-7-9-18(10-8-16)26-11-2-3-12-26/h4-10,13,19,21-24H,2-3,11-12,14H2,1H3. The van der Waals surface area contributed by atoms with Gasteiger partial charge >= 0.3 is 0 Å². The van der Waals surface area contributed by atoms with Gasteiger partial charge in [-0.3, -0.25) is 4.79 Å². The number of rotatable bonds is 5. The summed E-state index contributed by atoms with van der Waals surface area (Å²) in [6.45, 7) is 2.78. The fourth-order valence-electron chi connectivity index (χ4n) is 3.65. The van der Waals surface area contributed by atoms with E-state index in [0.717, 1.165) is 29.8 Å². The quantitative estimate of drug-likeness (QED) is 0.645. The lowest BCUT2D eigenvalue weighted by Crippen LogP contribution is -2.33. The zero-order chi connectivity index (χ0) is 18.6. The van der Waals surface area contributed by atoms with E-state index in [2.05, 4.69) is 45.0 Å². The van der Waals surface area contributed by atoms with Crippen molar-refractivity contribution in [1.82, 2.24) is 26.8 Å². The number of nitrogens with zero attached hydrogens (tertiary/aromatic N) is 2. The Bertz CT molecular complexity index is 781. The van der Waals surface area contributed by atoms with Gasteiger partial charge in [-0.15, -0.1) is 0 Å². The summed E-state index contributed by atoms with van der Waals surface area (Å²) in [4.78, 5) is 16.9. The van der Waals surface area contributed by atoms with Crippen LogP contribution in [0.2, 0.25) is 0 Å². The van der Waals surface area contributed by atoms with E-state index in [0.29, 0.717) is 6.54 Å². The number of carbonyl (C=O) groups excluding carboxylic acids is 1. The summed E-state index contributed by atoms with van der Waals surface area (Å²) in [5, 5.41) is 0. The number of benzene rings is 2. The van der Waals surface area contributed by atoms with Crippen LogP contribution in [0.5, 0.6) is 0 Å². The molecule has 2 fully saturated rings. The molecule has 2 aromatic rings. The van der Waals surface area contributed by atoms with Crippen LogP contribution in [-0.2, 0) is 6.54 Å². The topological polar surface area (TPSA) is 71.7 Å². The summed E-state index contributed by atoms with van der Waals surface area (Å²) in [7, 11) is 1.85. The second kappa shape index (κ2) is 8.06. The zero-order valence-corrected chi connectivity index (χ0v) is 15.5. The summed E-state index contributed by atoms with van der Waals surface area (Å²) in [6.07, 6.45) is 2.49. The van der Waals surface area contributed by atoms with E-state index in [1.54, 1.807) is 4.90 Å². The molecule has 7 heteroatoms. The van der Waals surface area contributed by atoms with Crippen LogP contribution in [0.3, 0.4) is 0 Å². The molecule has 0 radical (unpaired) electrons. The maximum absolute atomic E-state index is 12.8. The molecule has 0 atom stereocenters. The molecule has 2 heterocycles. The highest BCUT2D eigenvalue weighted by atomic mass is 16.2. The lowest BCUT2D eigenvalue weighted by molar-refractivity contribution is 0.0785. The van der Waals surface area contributed by atoms with Gasteiger partial charge in [0.05, 0.1) is 0 Å². The molecule has 2 saturated heterocycles. The Morgan fingerprint density at radius 1 is 1.07 bits per heavy atom. The van der Waals surface area contributed by atoms with E-state index in [1.807, 2.05) is 37.4 Å². The fourth-order valence-corrected chi connectivity index (χ4v) is 3.65. The van der Waals surface area contributed by atoms with E-state index in [-0.39, 0.29) is 12.1 Å². The molecular formula is C20H26N6O. The van der Waals surface area contributed by atoms with E-state index in [9.17, 15) is 4.79 Å². The van der Waals surface area contributed by atoms with Crippen molar-refractivity contribution in [3.05, 3.63) is 65.2 Å². The van der Waals surface area contributed by atoms with Crippen molar-refractivity contribution in [2.45, 2.75) is 25.6 Å². The molecule has 0 saturated carbocycles. The third-order valence-corrected chi connectivity index (χ3v) is 5.13. The van der Waals surface area contributed by atoms with Gasteiger partial charge in [0.25, 0.3) is 5.91 Å². The fraction of sp³-hybridized carbons (Fsp3) is 0.350. The first-order valence-electron chi connectivity index (χ1n) is 9.41. The molecule has 7 nitrogen and oxygen atoms in total. The third kappa shape index (κ3) is 4.12. The molecule has 0 aromatic heterocycles. The number of amides is 1. The van der Waals surface area contributed by atoms with E-state index in [1.165, 1.54) is 18.5 Å². The smallest absolute Gasteiger partial charge is 0.253 e. The van der Waals surface area contributed by atoms with Crippen LogP contribution < -0.4 is 26.8 Å². The monoisotopic (exact) mass is 366 g/mol. The molecule has 0 aliphatic carbocycles. The molecule has 27 heavy (non-hydrogen) atoms. The second-order valence-electron chi connectivity index (χ2n) is 7.12. The zero-order valence-electron chi connectivity index (χ0n) is 15.5.